The number of hydrogen-bond donors (Lipinski definition) is 0. The zero-order valence-corrected chi connectivity index (χ0v) is 16.3. The zero-order valence-electron chi connectivity index (χ0n) is 15.6. The standard InChI is InChI=1S/C21H23ClN2O3/c1-23(14-16-13-17(22)8-11-19(16)27-2)21(26)15-6-9-18(10-7-15)24-12-4-3-5-20(24)25/h6-11,13H,3-5,12,14H2,1-2H3. The van der Waals surface area contributed by atoms with E-state index in [0.717, 1.165) is 30.6 Å². The first kappa shape index (κ1) is 19.2. The molecule has 1 heterocycles. The van der Waals surface area contributed by atoms with Gasteiger partial charge in [-0.05, 0) is 55.3 Å². The Kier molecular flexibility index (Phi) is 6.01. The summed E-state index contributed by atoms with van der Waals surface area (Å²) in [5, 5.41) is 0.599. The molecule has 0 aliphatic carbocycles. The fourth-order valence-electron chi connectivity index (χ4n) is 3.28. The number of benzene rings is 2. The molecule has 2 aromatic carbocycles. The molecule has 0 bridgehead atoms. The molecular formula is C21H23ClN2O3. The van der Waals surface area contributed by atoms with Crippen LogP contribution in [0.3, 0.4) is 0 Å². The molecule has 2 aromatic rings. The van der Waals surface area contributed by atoms with Gasteiger partial charge in [0, 0.05) is 48.4 Å². The van der Waals surface area contributed by atoms with Crippen LogP contribution in [0.25, 0.3) is 0 Å². The topological polar surface area (TPSA) is 49.9 Å². The number of ether oxygens (including phenoxy) is 1. The maximum atomic E-state index is 12.8. The predicted molar refractivity (Wildman–Crippen MR) is 106 cm³/mol. The number of carbonyl (C=O) groups is 2. The quantitative estimate of drug-likeness (QED) is 0.776. The van der Waals surface area contributed by atoms with Crippen molar-refractivity contribution in [1.82, 2.24) is 4.90 Å². The van der Waals surface area contributed by atoms with Crippen LogP contribution < -0.4 is 9.64 Å². The van der Waals surface area contributed by atoms with Crippen molar-refractivity contribution in [2.75, 3.05) is 25.6 Å². The number of methoxy groups -OCH3 is 1. The van der Waals surface area contributed by atoms with Gasteiger partial charge in [0.2, 0.25) is 5.91 Å². The fraction of sp³-hybridized carbons (Fsp3) is 0.333. The second kappa shape index (κ2) is 8.44. The molecule has 0 saturated carbocycles. The second-order valence-electron chi connectivity index (χ2n) is 6.67. The van der Waals surface area contributed by atoms with E-state index in [1.165, 1.54) is 0 Å². The summed E-state index contributed by atoms with van der Waals surface area (Å²) >= 11 is 6.07. The lowest BCUT2D eigenvalue weighted by Gasteiger charge is -2.27. The summed E-state index contributed by atoms with van der Waals surface area (Å²) < 4.78 is 5.35. The van der Waals surface area contributed by atoms with E-state index < -0.39 is 0 Å². The maximum absolute atomic E-state index is 12.8. The summed E-state index contributed by atoms with van der Waals surface area (Å²) in [5.74, 6) is 0.733. The van der Waals surface area contributed by atoms with Crippen molar-refractivity contribution in [3.8, 4) is 5.75 Å². The smallest absolute Gasteiger partial charge is 0.253 e. The third kappa shape index (κ3) is 4.42. The van der Waals surface area contributed by atoms with Crippen molar-refractivity contribution < 1.29 is 14.3 Å². The van der Waals surface area contributed by atoms with E-state index in [2.05, 4.69) is 0 Å². The van der Waals surface area contributed by atoms with Gasteiger partial charge in [0.1, 0.15) is 5.75 Å². The van der Waals surface area contributed by atoms with Gasteiger partial charge in [-0.2, -0.15) is 0 Å². The van der Waals surface area contributed by atoms with E-state index in [1.807, 2.05) is 12.1 Å². The van der Waals surface area contributed by atoms with Crippen molar-refractivity contribution in [1.29, 1.82) is 0 Å². The molecule has 0 radical (unpaired) electrons. The molecule has 0 aromatic heterocycles. The normalized spacial score (nSPS) is 14.2. The predicted octanol–water partition coefficient (Wildman–Crippen LogP) is 4.14. The van der Waals surface area contributed by atoms with Gasteiger partial charge in [-0.15, -0.1) is 0 Å². The van der Waals surface area contributed by atoms with Crippen molar-refractivity contribution >= 4 is 29.1 Å². The Labute approximate surface area is 164 Å². The lowest BCUT2D eigenvalue weighted by molar-refractivity contribution is -0.119. The summed E-state index contributed by atoms with van der Waals surface area (Å²) in [4.78, 5) is 28.2. The molecule has 0 spiro atoms. The lowest BCUT2D eigenvalue weighted by Crippen LogP contribution is -2.35. The van der Waals surface area contributed by atoms with Gasteiger partial charge in [-0.25, -0.2) is 0 Å². The molecule has 3 rings (SSSR count). The van der Waals surface area contributed by atoms with E-state index in [0.29, 0.717) is 29.3 Å². The van der Waals surface area contributed by atoms with Crippen LogP contribution in [0.15, 0.2) is 42.5 Å². The van der Waals surface area contributed by atoms with Crippen LogP contribution in [-0.4, -0.2) is 37.4 Å². The van der Waals surface area contributed by atoms with Crippen LogP contribution in [0.2, 0.25) is 5.02 Å². The van der Waals surface area contributed by atoms with Crippen molar-refractivity contribution in [2.45, 2.75) is 25.8 Å². The molecule has 1 aliphatic heterocycles. The van der Waals surface area contributed by atoms with Gasteiger partial charge >= 0.3 is 0 Å². The van der Waals surface area contributed by atoms with Gasteiger partial charge in [0.05, 0.1) is 7.11 Å². The molecule has 27 heavy (non-hydrogen) atoms. The van der Waals surface area contributed by atoms with Gasteiger partial charge < -0.3 is 14.5 Å². The molecular weight excluding hydrogens is 364 g/mol. The number of piperidine rings is 1. The summed E-state index contributed by atoms with van der Waals surface area (Å²) in [6, 6.07) is 12.6. The molecule has 0 unspecified atom stereocenters. The summed E-state index contributed by atoms with van der Waals surface area (Å²) in [6.07, 6.45) is 2.55. The van der Waals surface area contributed by atoms with Crippen LogP contribution in [0.5, 0.6) is 5.75 Å². The fourth-order valence-corrected chi connectivity index (χ4v) is 3.48. The highest BCUT2D eigenvalue weighted by Crippen LogP contribution is 2.25. The van der Waals surface area contributed by atoms with Crippen molar-refractivity contribution in [3.63, 3.8) is 0 Å². The number of anilines is 1. The van der Waals surface area contributed by atoms with Crippen LogP contribution in [0, 0.1) is 0 Å². The Morgan fingerprint density at radius 3 is 2.59 bits per heavy atom. The van der Waals surface area contributed by atoms with Crippen LogP contribution in [-0.2, 0) is 11.3 Å². The number of amides is 2. The number of carbonyl (C=O) groups excluding carboxylic acids is 2. The Morgan fingerprint density at radius 1 is 1.19 bits per heavy atom. The molecule has 1 aliphatic rings. The minimum absolute atomic E-state index is 0.103. The number of hydrogen-bond acceptors (Lipinski definition) is 3. The van der Waals surface area contributed by atoms with Crippen LogP contribution in [0.1, 0.15) is 35.2 Å². The molecule has 1 fully saturated rings. The first-order valence-corrected chi connectivity index (χ1v) is 9.35. The molecule has 2 amide bonds. The lowest BCUT2D eigenvalue weighted by atomic mass is 10.1. The van der Waals surface area contributed by atoms with Crippen LogP contribution in [0.4, 0.5) is 5.69 Å². The third-order valence-corrected chi connectivity index (χ3v) is 4.98. The average molecular weight is 387 g/mol. The number of halogens is 1. The summed E-state index contributed by atoms with van der Waals surface area (Å²) in [5.41, 5.74) is 2.26. The van der Waals surface area contributed by atoms with Crippen molar-refractivity contribution in [3.05, 3.63) is 58.6 Å². The van der Waals surface area contributed by atoms with E-state index in [-0.39, 0.29) is 11.8 Å². The summed E-state index contributed by atoms with van der Waals surface area (Å²) in [7, 11) is 3.33. The van der Waals surface area contributed by atoms with Crippen LogP contribution >= 0.6 is 11.6 Å². The van der Waals surface area contributed by atoms with E-state index >= 15 is 0 Å². The average Bonchev–Trinajstić information content (AvgIpc) is 2.68. The van der Waals surface area contributed by atoms with Gasteiger partial charge in [0.25, 0.3) is 5.91 Å². The maximum Gasteiger partial charge on any atom is 0.253 e. The summed E-state index contributed by atoms with van der Waals surface area (Å²) in [6.45, 7) is 1.12. The second-order valence-corrected chi connectivity index (χ2v) is 7.10. The molecule has 142 valence electrons. The Balaban J connectivity index is 1.72. The molecule has 0 N–H and O–H groups in total. The minimum Gasteiger partial charge on any atom is -0.496 e. The highest BCUT2D eigenvalue weighted by molar-refractivity contribution is 6.30. The monoisotopic (exact) mass is 386 g/mol. The van der Waals surface area contributed by atoms with Gasteiger partial charge in [0.15, 0.2) is 0 Å². The van der Waals surface area contributed by atoms with E-state index in [1.54, 1.807) is 54.3 Å². The Hall–Kier alpha value is -2.53. The first-order valence-electron chi connectivity index (χ1n) is 8.98. The molecule has 0 atom stereocenters. The number of nitrogens with zero attached hydrogens (tertiary/aromatic N) is 2. The Bertz CT molecular complexity index is 836. The third-order valence-electron chi connectivity index (χ3n) is 4.75. The van der Waals surface area contributed by atoms with E-state index in [4.69, 9.17) is 16.3 Å². The van der Waals surface area contributed by atoms with Gasteiger partial charge in [-0.3, -0.25) is 9.59 Å². The largest absolute Gasteiger partial charge is 0.496 e. The Morgan fingerprint density at radius 2 is 1.93 bits per heavy atom. The molecule has 5 nitrogen and oxygen atoms in total. The highest BCUT2D eigenvalue weighted by atomic mass is 35.5. The zero-order chi connectivity index (χ0) is 19.4. The minimum atomic E-state index is -0.103. The first-order chi connectivity index (χ1) is 13.0. The molecule has 1 saturated heterocycles. The number of rotatable bonds is 5. The highest BCUT2D eigenvalue weighted by Gasteiger charge is 2.20. The SMILES string of the molecule is COc1ccc(Cl)cc1CN(C)C(=O)c1ccc(N2CCCCC2=O)cc1. The van der Waals surface area contributed by atoms with E-state index in [9.17, 15) is 9.59 Å². The van der Waals surface area contributed by atoms with Gasteiger partial charge in [-0.1, -0.05) is 11.6 Å². The van der Waals surface area contributed by atoms with Crippen molar-refractivity contribution in [2.24, 2.45) is 0 Å². The molecule has 6 heteroatoms.